The van der Waals surface area contributed by atoms with Gasteiger partial charge in [0.15, 0.2) is 0 Å². The van der Waals surface area contributed by atoms with Gasteiger partial charge in [0.2, 0.25) is 0 Å². The van der Waals surface area contributed by atoms with Gasteiger partial charge in [-0.25, -0.2) is 0 Å². The van der Waals surface area contributed by atoms with Crippen LogP contribution in [-0.4, -0.2) is 29.2 Å². The summed E-state index contributed by atoms with van der Waals surface area (Å²) in [6.07, 6.45) is 3.67. The van der Waals surface area contributed by atoms with E-state index in [1.807, 2.05) is 0 Å². The monoisotopic (exact) mass is 289 g/mol. The minimum Gasteiger partial charge on any atom is -0.395 e. The summed E-state index contributed by atoms with van der Waals surface area (Å²) in [6, 6.07) is 2.55. The van der Waals surface area contributed by atoms with Crippen molar-refractivity contribution < 1.29 is 5.11 Å². The fraction of sp³-hybridized carbons (Fsp3) is 0.636. The van der Waals surface area contributed by atoms with Crippen molar-refractivity contribution >= 4 is 27.3 Å². The topological polar surface area (TPSA) is 23.5 Å². The lowest BCUT2D eigenvalue weighted by atomic mass is 10.0. The molecule has 2 heterocycles. The lowest BCUT2D eigenvalue weighted by Crippen LogP contribution is -2.40. The summed E-state index contributed by atoms with van der Waals surface area (Å²) in [5, 5.41) is 11.4. The van der Waals surface area contributed by atoms with Gasteiger partial charge in [-0.2, -0.15) is 0 Å². The molecule has 1 atom stereocenters. The van der Waals surface area contributed by atoms with Gasteiger partial charge < -0.3 is 5.11 Å². The molecule has 15 heavy (non-hydrogen) atoms. The van der Waals surface area contributed by atoms with Crippen molar-refractivity contribution in [1.29, 1.82) is 0 Å². The molecule has 1 aliphatic heterocycles. The lowest BCUT2D eigenvalue weighted by molar-refractivity contribution is 0.0850. The molecule has 84 valence electrons. The molecule has 0 bridgehead atoms. The van der Waals surface area contributed by atoms with Crippen molar-refractivity contribution in [2.75, 3.05) is 13.2 Å². The number of thiophene rings is 1. The highest BCUT2D eigenvalue weighted by Gasteiger charge is 2.21. The SMILES string of the molecule is OCC1CCCCN1Cc1cc(Br)cs1. The predicted molar refractivity (Wildman–Crippen MR) is 67.2 cm³/mol. The maximum atomic E-state index is 9.30. The molecule has 1 saturated heterocycles. The zero-order chi connectivity index (χ0) is 10.7. The third-order valence-corrected chi connectivity index (χ3v) is 4.62. The van der Waals surface area contributed by atoms with E-state index < -0.39 is 0 Å². The first kappa shape index (κ1) is 11.6. The average molecular weight is 290 g/mol. The van der Waals surface area contributed by atoms with E-state index in [4.69, 9.17) is 0 Å². The number of piperidine rings is 1. The Kier molecular flexibility index (Phi) is 4.20. The average Bonchev–Trinajstić information content (AvgIpc) is 2.65. The third-order valence-electron chi connectivity index (χ3n) is 2.94. The molecule has 1 N–H and O–H groups in total. The Hall–Kier alpha value is 0.1000. The van der Waals surface area contributed by atoms with Crippen LogP contribution in [0.5, 0.6) is 0 Å². The highest BCUT2D eigenvalue weighted by molar-refractivity contribution is 9.10. The molecule has 0 amide bonds. The van der Waals surface area contributed by atoms with Gasteiger partial charge in [-0.15, -0.1) is 11.3 Å². The van der Waals surface area contributed by atoms with Crippen molar-refractivity contribution in [3.8, 4) is 0 Å². The molecule has 0 radical (unpaired) electrons. The third kappa shape index (κ3) is 3.03. The summed E-state index contributed by atoms with van der Waals surface area (Å²) in [4.78, 5) is 3.78. The van der Waals surface area contributed by atoms with Crippen LogP contribution in [0, 0.1) is 0 Å². The smallest absolute Gasteiger partial charge is 0.0587 e. The molecular weight excluding hydrogens is 274 g/mol. The van der Waals surface area contributed by atoms with Gasteiger partial charge in [-0.3, -0.25) is 4.90 Å². The summed E-state index contributed by atoms with van der Waals surface area (Å²) in [7, 11) is 0. The standard InChI is InChI=1S/C11H16BrNOS/c12-9-5-11(15-8-9)6-13-4-2-1-3-10(13)7-14/h5,8,10,14H,1-4,6-7H2. The zero-order valence-electron chi connectivity index (χ0n) is 8.66. The summed E-state index contributed by atoms with van der Waals surface area (Å²) in [5.74, 6) is 0. The van der Waals surface area contributed by atoms with Gasteiger partial charge in [0.25, 0.3) is 0 Å². The Labute approximate surface area is 103 Å². The molecule has 1 aromatic rings. The second kappa shape index (κ2) is 5.43. The van der Waals surface area contributed by atoms with E-state index in [9.17, 15) is 5.11 Å². The Morgan fingerprint density at radius 1 is 1.53 bits per heavy atom. The second-order valence-corrected chi connectivity index (χ2v) is 5.95. The van der Waals surface area contributed by atoms with Crippen LogP contribution in [0.25, 0.3) is 0 Å². The van der Waals surface area contributed by atoms with Gasteiger partial charge in [0.05, 0.1) is 6.61 Å². The number of hydrogen-bond acceptors (Lipinski definition) is 3. The maximum absolute atomic E-state index is 9.30. The highest BCUT2D eigenvalue weighted by Crippen LogP contribution is 2.24. The number of rotatable bonds is 3. The zero-order valence-corrected chi connectivity index (χ0v) is 11.1. The van der Waals surface area contributed by atoms with E-state index >= 15 is 0 Å². The van der Waals surface area contributed by atoms with E-state index in [1.165, 1.54) is 22.2 Å². The normalized spacial score (nSPS) is 23.2. The summed E-state index contributed by atoms with van der Waals surface area (Å²) in [6.45, 7) is 2.41. The molecule has 2 rings (SSSR count). The molecule has 0 aromatic carbocycles. The largest absolute Gasteiger partial charge is 0.395 e. The minimum absolute atomic E-state index is 0.298. The van der Waals surface area contributed by atoms with Gasteiger partial charge in [0.1, 0.15) is 0 Å². The second-order valence-electron chi connectivity index (χ2n) is 4.03. The van der Waals surface area contributed by atoms with Crippen LogP contribution >= 0.6 is 27.3 Å². The Bertz CT molecular complexity index is 315. The van der Waals surface area contributed by atoms with Crippen LogP contribution in [0.1, 0.15) is 24.1 Å². The van der Waals surface area contributed by atoms with Crippen LogP contribution in [0.3, 0.4) is 0 Å². The first-order chi connectivity index (χ1) is 7.29. The van der Waals surface area contributed by atoms with E-state index in [1.54, 1.807) is 11.3 Å². The quantitative estimate of drug-likeness (QED) is 0.925. The Morgan fingerprint density at radius 3 is 3.07 bits per heavy atom. The number of halogens is 1. The number of hydrogen-bond donors (Lipinski definition) is 1. The maximum Gasteiger partial charge on any atom is 0.0587 e. The predicted octanol–water partition coefficient (Wildman–Crippen LogP) is 2.86. The molecule has 1 fully saturated rings. The number of nitrogens with zero attached hydrogens (tertiary/aromatic N) is 1. The molecule has 1 unspecified atom stereocenters. The lowest BCUT2D eigenvalue weighted by Gasteiger charge is -2.34. The van der Waals surface area contributed by atoms with E-state index in [0.717, 1.165) is 19.5 Å². The van der Waals surface area contributed by atoms with Gasteiger partial charge in [0, 0.05) is 27.3 Å². The van der Waals surface area contributed by atoms with Crippen molar-refractivity contribution in [3.63, 3.8) is 0 Å². The first-order valence-corrected chi connectivity index (χ1v) is 7.04. The molecule has 2 nitrogen and oxygen atoms in total. The van der Waals surface area contributed by atoms with Gasteiger partial charge in [-0.05, 0) is 41.4 Å². The van der Waals surface area contributed by atoms with Gasteiger partial charge >= 0.3 is 0 Å². The fourth-order valence-electron chi connectivity index (χ4n) is 2.11. The number of aliphatic hydroxyl groups is 1. The molecule has 0 spiro atoms. The molecule has 1 aromatic heterocycles. The number of aliphatic hydroxyl groups excluding tert-OH is 1. The molecule has 4 heteroatoms. The summed E-state index contributed by atoms with van der Waals surface area (Å²) in [5.41, 5.74) is 0. The summed E-state index contributed by atoms with van der Waals surface area (Å²) < 4.78 is 1.17. The van der Waals surface area contributed by atoms with Crippen molar-refractivity contribution in [2.45, 2.75) is 31.8 Å². The van der Waals surface area contributed by atoms with Crippen molar-refractivity contribution in [3.05, 3.63) is 20.8 Å². The molecule has 0 aliphatic carbocycles. The highest BCUT2D eigenvalue weighted by atomic mass is 79.9. The molecule has 1 aliphatic rings. The van der Waals surface area contributed by atoms with Gasteiger partial charge in [-0.1, -0.05) is 6.42 Å². The first-order valence-electron chi connectivity index (χ1n) is 5.37. The number of likely N-dealkylation sites (tertiary alicyclic amines) is 1. The fourth-order valence-corrected chi connectivity index (χ4v) is 3.59. The van der Waals surface area contributed by atoms with Crippen LogP contribution in [-0.2, 0) is 6.54 Å². The Balaban J connectivity index is 1.97. The molecule has 0 saturated carbocycles. The van der Waals surface area contributed by atoms with Crippen LogP contribution in [0.2, 0.25) is 0 Å². The summed E-state index contributed by atoms with van der Waals surface area (Å²) >= 11 is 5.26. The van der Waals surface area contributed by atoms with Crippen molar-refractivity contribution in [1.82, 2.24) is 4.90 Å². The Morgan fingerprint density at radius 2 is 2.40 bits per heavy atom. The van der Waals surface area contributed by atoms with E-state index in [-0.39, 0.29) is 0 Å². The van der Waals surface area contributed by atoms with Crippen LogP contribution in [0.15, 0.2) is 15.9 Å². The van der Waals surface area contributed by atoms with Crippen molar-refractivity contribution in [2.24, 2.45) is 0 Å². The van der Waals surface area contributed by atoms with Crippen LogP contribution < -0.4 is 0 Å². The minimum atomic E-state index is 0.298. The van der Waals surface area contributed by atoms with E-state index in [0.29, 0.717) is 12.6 Å². The molecular formula is C11H16BrNOS. The van der Waals surface area contributed by atoms with Crippen LogP contribution in [0.4, 0.5) is 0 Å². The van der Waals surface area contributed by atoms with E-state index in [2.05, 4.69) is 32.3 Å².